The molecule has 0 heterocycles. The topological polar surface area (TPSA) is 61.2 Å². The molecule has 1 aliphatic carbocycles. The molecule has 0 N–H and O–H groups in total. The average Bonchev–Trinajstić information content (AvgIpc) is 3.00. The van der Waals surface area contributed by atoms with Gasteiger partial charge in [0.25, 0.3) is 5.91 Å². The van der Waals surface area contributed by atoms with E-state index in [0.29, 0.717) is 28.8 Å². The summed E-state index contributed by atoms with van der Waals surface area (Å²) in [6, 6.07) is 22.0. The summed E-state index contributed by atoms with van der Waals surface area (Å²) >= 11 is 0. The fourth-order valence-electron chi connectivity index (χ4n) is 3.41. The molecule has 0 bridgehead atoms. The highest BCUT2D eigenvalue weighted by Crippen LogP contribution is 2.36. The number of rotatable bonds is 3. The van der Waals surface area contributed by atoms with Gasteiger partial charge >= 0.3 is 0 Å². The zero-order valence-corrected chi connectivity index (χ0v) is 14.8. The highest BCUT2D eigenvalue weighted by atomic mass is 16.2. The molecule has 130 valence electrons. The van der Waals surface area contributed by atoms with E-state index in [0.717, 1.165) is 16.7 Å². The molecule has 1 aliphatic rings. The quantitative estimate of drug-likeness (QED) is 0.559. The summed E-state index contributed by atoms with van der Waals surface area (Å²) in [6.45, 7) is 0.426. The van der Waals surface area contributed by atoms with Crippen LogP contribution in [0.15, 0.2) is 66.7 Å². The van der Waals surface area contributed by atoms with Crippen molar-refractivity contribution in [3.8, 4) is 17.2 Å². The van der Waals surface area contributed by atoms with E-state index in [1.165, 1.54) is 0 Å². The lowest BCUT2D eigenvalue weighted by molar-refractivity contribution is 0.0785. The van der Waals surface area contributed by atoms with Crippen molar-refractivity contribution in [2.75, 3.05) is 7.05 Å². The standard InChI is InChI=1S/C23H16N2O2/c1-25(14-16-8-6-15(13-24)7-9-16)23(27)17-10-11-19-18-4-2-3-5-20(18)22(26)21(19)12-17/h2-12H,14H2,1H3. The van der Waals surface area contributed by atoms with Crippen LogP contribution in [0, 0.1) is 11.3 Å². The number of amides is 1. The Labute approximate surface area is 157 Å². The third kappa shape index (κ3) is 2.90. The summed E-state index contributed by atoms with van der Waals surface area (Å²) in [4.78, 5) is 27.1. The minimum atomic E-state index is -0.147. The SMILES string of the molecule is CN(Cc1ccc(C#N)cc1)C(=O)c1ccc2c(c1)C(=O)c1ccccc1-2. The third-order valence-electron chi connectivity index (χ3n) is 4.82. The predicted octanol–water partition coefficient (Wildman–Crippen LogP) is 4.04. The molecule has 0 saturated carbocycles. The first kappa shape index (κ1) is 16.7. The molecule has 0 fully saturated rings. The van der Waals surface area contributed by atoms with Crippen molar-refractivity contribution in [2.45, 2.75) is 6.54 Å². The lowest BCUT2D eigenvalue weighted by Gasteiger charge is -2.18. The van der Waals surface area contributed by atoms with Gasteiger partial charge in [0.05, 0.1) is 11.6 Å². The number of carbonyl (C=O) groups excluding carboxylic acids is 2. The Balaban J connectivity index is 1.58. The Morgan fingerprint density at radius 2 is 1.59 bits per heavy atom. The molecular formula is C23H16N2O2. The van der Waals surface area contributed by atoms with E-state index in [9.17, 15) is 9.59 Å². The maximum Gasteiger partial charge on any atom is 0.253 e. The minimum Gasteiger partial charge on any atom is -0.337 e. The molecule has 0 aromatic heterocycles. The van der Waals surface area contributed by atoms with Crippen molar-refractivity contribution in [3.63, 3.8) is 0 Å². The van der Waals surface area contributed by atoms with Crippen molar-refractivity contribution in [1.29, 1.82) is 5.26 Å². The predicted molar refractivity (Wildman–Crippen MR) is 102 cm³/mol. The van der Waals surface area contributed by atoms with E-state index in [1.54, 1.807) is 36.2 Å². The Bertz CT molecular complexity index is 1110. The molecule has 0 aliphatic heterocycles. The van der Waals surface area contributed by atoms with Crippen LogP contribution in [0.5, 0.6) is 0 Å². The van der Waals surface area contributed by atoms with E-state index in [1.807, 2.05) is 42.5 Å². The van der Waals surface area contributed by atoms with Crippen LogP contribution in [0.1, 0.15) is 37.4 Å². The second-order valence-electron chi connectivity index (χ2n) is 6.61. The molecule has 0 atom stereocenters. The molecule has 1 amide bonds. The third-order valence-corrected chi connectivity index (χ3v) is 4.82. The number of fused-ring (bicyclic) bond motifs is 3. The van der Waals surface area contributed by atoms with Crippen LogP contribution in [0.2, 0.25) is 0 Å². The maximum absolute atomic E-state index is 12.8. The second kappa shape index (κ2) is 6.54. The van der Waals surface area contributed by atoms with E-state index in [4.69, 9.17) is 5.26 Å². The highest BCUT2D eigenvalue weighted by Gasteiger charge is 2.27. The summed E-state index contributed by atoms with van der Waals surface area (Å²) in [5.41, 5.74) is 5.08. The van der Waals surface area contributed by atoms with Crippen molar-refractivity contribution in [1.82, 2.24) is 4.90 Å². The maximum atomic E-state index is 12.8. The van der Waals surface area contributed by atoms with Gasteiger partial charge in [0.15, 0.2) is 5.78 Å². The Kier molecular flexibility index (Phi) is 4.06. The summed E-state index contributed by atoms with van der Waals surface area (Å²) in [6.07, 6.45) is 0. The molecule has 4 nitrogen and oxygen atoms in total. The van der Waals surface area contributed by atoms with Crippen molar-refractivity contribution in [2.24, 2.45) is 0 Å². The molecule has 0 saturated heterocycles. The largest absolute Gasteiger partial charge is 0.337 e. The van der Waals surface area contributed by atoms with Crippen LogP contribution >= 0.6 is 0 Å². The zero-order chi connectivity index (χ0) is 19.0. The number of nitriles is 1. The summed E-state index contributed by atoms with van der Waals surface area (Å²) in [5, 5.41) is 8.87. The smallest absolute Gasteiger partial charge is 0.253 e. The lowest BCUT2D eigenvalue weighted by atomic mass is 10.0. The molecule has 3 aromatic carbocycles. The number of carbonyl (C=O) groups is 2. The lowest BCUT2D eigenvalue weighted by Crippen LogP contribution is -2.26. The van der Waals surface area contributed by atoms with Gasteiger partial charge < -0.3 is 4.90 Å². The Morgan fingerprint density at radius 3 is 2.30 bits per heavy atom. The zero-order valence-electron chi connectivity index (χ0n) is 14.8. The van der Waals surface area contributed by atoms with Gasteiger partial charge in [-0.3, -0.25) is 9.59 Å². The first-order chi connectivity index (χ1) is 13.1. The molecule has 0 radical (unpaired) electrons. The molecule has 0 spiro atoms. The van der Waals surface area contributed by atoms with Gasteiger partial charge in [0.1, 0.15) is 0 Å². The van der Waals surface area contributed by atoms with Crippen molar-refractivity contribution < 1.29 is 9.59 Å². The molecular weight excluding hydrogens is 336 g/mol. The number of hydrogen-bond acceptors (Lipinski definition) is 3. The number of ketones is 1. The van der Waals surface area contributed by atoms with Gasteiger partial charge in [-0.25, -0.2) is 0 Å². The Morgan fingerprint density at radius 1 is 0.926 bits per heavy atom. The van der Waals surface area contributed by atoms with Gasteiger partial charge in [-0.1, -0.05) is 42.5 Å². The first-order valence-electron chi connectivity index (χ1n) is 8.61. The van der Waals surface area contributed by atoms with Crippen LogP contribution < -0.4 is 0 Å². The highest BCUT2D eigenvalue weighted by molar-refractivity contribution is 6.22. The van der Waals surface area contributed by atoms with Gasteiger partial charge in [-0.2, -0.15) is 5.26 Å². The number of hydrogen-bond donors (Lipinski definition) is 0. The van der Waals surface area contributed by atoms with E-state index >= 15 is 0 Å². The fraction of sp³-hybridized carbons (Fsp3) is 0.0870. The van der Waals surface area contributed by atoms with Crippen LogP contribution in [-0.2, 0) is 6.54 Å². The second-order valence-corrected chi connectivity index (χ2v) is 6.61. The summed E-state index contributed by atoms with van der Waals surface area (Å²) in [5.74, 6) is -0.184. The van der Waals surface area contributed by atoms with E-state index < -0.39 is 0 Å². The monoisotopic (exact) mass is 352 g/mol. The number of benzene rings is 3. The Hall–Kier alpha value is -3.71. The molecule has 3 aromatic rings. The van der Waals surface area contributed by atoms with E-state index in [-0.39, 0.29) is 11.7 Å². The number of nitrogens with zero attached hydrogens (tertiary/aromatic N) is 2. The average molecular weight is 352 g/mol. The van der Waals surface area contributed by atoms with Crippen molar-refractivity contribution >= 4 is 11.7 Å². The normalized spacial score (nSPS) is 11.5. The van der Waals surface area contributed by atoms with Gasteiger partial charge in [0, 0.05) is 30.3 Å². The molecule has 4 heteroatoms. The fourth-order valence-corrected chi connectivity index (χ4v) is 3.41. The van der Waals surface area contributed by atoms with Crippen LogP contribution in [0.25, 0.3) is 11.1 Å². The van der Waals surface area contributed by atoms with E-state index in [2.05, 4.69) is 6.07 Å². The van der Waals surface area contributed by atoms with Crippen molar-refractivity contribution in [3.05, 3.63) is 94.5 Å². The first-order valence-corrected chi connectivity index (χ1v) is 8.61. The van der Waals surface area contributed by atoms with Crippen LogP contribution in [0.3, 0.4) is 0 Å². The summed E-state index contributed by atoms with van der Waals surface area (Å²) in [7, 11) is 1.73. The van der Waals surface area contributed by atoms with Crippen LogP contribution in [0.4, 0.5) is 0 Å². The van der Waals surface area contributed by atoms with Gasteiger partial charge in [-0.15, -0.1) is 0 Å². The molecule has 4 rings (SSSR count). The minimum absolute atomic E-state index is 0.0370. The van der Waals surface area contributed by atoms with Gasteiger partial charge in [-0.05, 0) is 41.0 Å². The summed E-state index contributed by atoms with van der Waals surface area (Å²) < 4.78 is 0. The van der Waals surface area contributed by atoms with Crippen LogP contribution in [-0.4, -0.2) is 23.6 Å². The van der Waals surface area contributed by atoms with Gasteiger partial charge in [0.2, 0.25) is 0 Å². The molecule has 27 heavy (non-hydrogen) atoms. The molecule has 0 unspecified atom stereocenters.